The van der Waals surface area contributed by atoms with Crippen molar-refractivity contribution >= 4 is 12.0 Å². The topological polar surface area (TPSA) is 90.5 Å². The fraction of sp³-hybridized carbons (Fsp3) is 0.857. The molecule has 0 unspecified atom stereocenters. The molecule has 1 aliphatic carbocycles. The van der Waals surface area contributed by atoms with Crippen LogP contribution in [-0.2, 0) is 4.79 Å². The van der Waals surface area contributed by atoms with Crippen LogP contribution in [0.25, 0.3) is 0 Å². The Morgan fingerprint density at radius 2 is 1.65 bits per heavy atom. The summed E-state index contributed by atoms with van der Waals surface area (Å²) in [6.07, 6.45) is 6.67. The normalized spacial score (nSPS) is 23.6. The molecule has 0 spiro atoms. The van der Waals surface area contributed by atoms with Crippen LogP contribution in [0.2, 0.25) is 0 Å². The highest BCUT2D eigenvalue weighted by Gasteiger charge is 2.40. The van der Waals surface area contributed by atoms with Crippen molar-refractivity contribution in [3.63, 3.8) is 0 Å². The molecule has 20 heavy (non-hydrogen) atoms. The van der Waals surface area contributed by atoms with Crippen molar-refractivity contribution in [2.75, 3.05) is 13.1 Å². The molecule has 2 rings (SSSR count). The van der Waals surface area contributed by atoms with Crippen LogP contribution in [0.3, 0.4) is 0 Å². The number of carbonyl (C=O) groups excluding carboxylic acids is 1. The molecule has 2 fully saturated rings. The van der Waals surface area contributed by atoms with Crippen LogP contribution in [0.4, 0.5) is 4.79 Å². The number of carboxylic acids is 1. The number of urea groups is 1. The first kappa shape index (κ1) is 15.1. The third kappa shape index (κ3) is 3.85. The minimum Gasteiger partial charge on any atom is -0.480 e. The summed E-state index contributed by atoms with van der Waals surface area (Å²) in [7, 11) is 0. The number of piperidine rings is 1. The summed E-state index contributed by atoms with van der Waals surface area (Å²) < 4.78 is 0. The number of hydrogen-bond donors (Lipinski definition) is 4. The van der Waals surface area contributed by atoms with Gasteiger partial charge in [-0.2, -0.15) is 0 Å². The van der Waals surface area contributed by atoms with Crippen molar-refractivity contribution in [3.05, 3.63) is 0 Å². The highest BCUT2D eigenvalue weighted by Crippen LogP contribution is 2.27. The van der Waals surface area contributed by atoms with Gasteiger partial charge in [-0.15, -0.1) is 0 Å². The number of aliphatic carboxylic acids is 1. The Morgan fingerprint density at radius 1 is 1.05 bits per heavy atom. The van der Waals surface area contributed by atoms with E-state index in [4.69, 9.17) is 0 Å². The van der Waals surface area contributed by atoms with E-state index in [1.54, 1.807) is 0 Å². The Hall–Kier alpha value is -1.30. The quantitative estimate of drug-likeness (QED) is 0.586. The molecule has 0 atom stereocenters. The number of carbonyl (C=O) groups is 2. The number of nitrogens with one attached hydrogen (secondary N) is 3. The average molecular weight is 283 g/mol. The smallest absolute Gasteiger partial charge is 0.329 e. The minimum atomic E-state index is -1.08. The fourth-order valence-corrected chi connectivity index (χ4v) is 3.13. The molecule has 1 heterocycles. The largest absolute Gasteiger partial charge is 0.480 e. The van der Waals surface area contributed by atoms with Crippen LogP contribution >= 0.6 is 0 Å². The highest BCUT2D eigenvalue weighted by atomic mass is 16.4. The summed E-state index contributed by atoms with van der Waals surface area (Å²) in [5, 5.41) is 18.4. The standard InChI is InChI=1S/C14H25N3O3/c18-12(19)14(7-3-1-2-4-8-14)17-13(20)16-11-5-9-15-10-6-11/h11,15H,1-10H2,(H,18,19)(H2,16,17,20). The predicted molar refractivity (Wildman–Crippen MR) is 75.6 cm³/mol. The maximum absolute atomic E-state index is 12.1. The Morgan fingerprint density at radius 3 is 2.20 bits per heavy atom. The molecular weight excluding hydrogens is 258 g/mol. The Bertz CT molecular complexity index is 346. The molecule has 1 saturated carbocycles. The van der Waals surface area contributed by atoms with Gasteiger partial charge in [-0.3, -0.25) is 0 Å². The Kier molecular flexibility index (Phi) is 5.23. The van der Waals surface area contributed by atoms with Gasteiger partial charge in [0.1, 0.15) is 5.54 Å². The van der Waals surface area contributed by atoms with Gasteiger partial charge in [-0.1, -0.05) is 25.7 Å². The molecule has 2 aliphatic rings. The number of carboxylic acid groups (broad SMARTS) is 1. The van der Waals surface area contributed by atoms with Crippen LogP contribution in [0, 0.1) is 0 Å². The van der Waals surface area contributed by atoms with Gasteiger partial charge < -0.3 is 21.1 Å². The highest BCUT2D eigenvalue weighted by molar-refractivity contribution is 5.86. The van der Waals surface area contributed by atoms with Crippen LogP contribution in [0.15, 0.2) is 0 Å². The van der Waals surface area contributed by atoms with Gasteiger partial charge in [0.25, 0.3) is 0 Å². The molecule has 0 aromatic heterocycles. The van der Waals surface area contributed by atoms with E-state index in [0.29, 0.717) is 12.8 Å². The summed E-state index contributed by atoms with van der Waals surface area (Å²) in [5.41, 5.74) is -1.08. The minimum absolute atomic E-state index is 0.146. The maximum Gasteiger partial charge on any atom is 0.329 e. The van der Waals surface area contributed by atoms with E-state index in [1.807, 2.05) is 0 Å². The molecule has 114 valence electrons. The van der Waals surface area contributed by atoms with E-state index in [1.165, 1.54) is 0 Å². The van der Waals surface area contributed by atoms with Crippen molar-refractivity contribution in [3.8, 4) is 0 Å². The zero-order valence-corrected chi connectivity index (χ0v) is 11.9. The van der Waals surface area contributed by atoms with Crippen LogP contribution in [0.5, 0.6) is 0 Å². The Labute approximate surface area is 119 Å². The zero-order valence-electron chi connectivity index (χ0n) is 11.9. The first-order chi connectivity index (χ1) is 9.62. The van der Waals surface area contributed by atoms with Crippen molar-refractivity contribution in [2.24, 2.45) is 0 Å². The van der Waals surface area contributed by atoms with Gasteiger partial charge in [-0.05, 0) is 38.8 Å². The van der Waals surface area contributed by atoms with E-state index in [9.17, 15) is 14.7 Å². The SMILES string of the molecule is O=C(NC1CCNCC1)NC1(C(=O)O)CCCCCC1. The summed E-state index contributed by atoms with van der Waals surface area (Å²) in [6, 6.07) is -0.186. The van der Waals surface area contributed by atoms with E-state index in [0.717, 1.165) is 51.6 Å². The molecule has 4 N–H and O–H groups in total. The second-order valence-electron chi connectivity index (χ2n) is 5.92. The van der Waals surface area contributed by atoms with Crippen LogP contribution in [0.1, 0.15) is 51.4 Å². The van der Waals surface area contributed by atoms with Gasteiger partial charge in [-0.25, -0.2) is 9.59 Å². The summed E-state index contributed by atoms with van der Waals surface area (Å²) in [6.45, 7) is 1.80. The number of rotatable bonds is 3. The molecule has 1 saturated heterocycles. The molecule has 6 heteroatoms. The van der Waals surface area contributed by atoms with Crippen molar-refractivity contribution < 1.29 is 14.7 Å². The molecule has 6 nitrogen and oxygen atoms in total. The van der Waals surface area contributed by atoms with E-state index >= 15 is 0 Å². The first-order valence-corrected chi connectivity index (χ1v) is 7.65. The fourth-order valence-electron chi connectivity index (χ4n) is 3.13. The van der Waals surface area contributed by atoms with Crippen molar-refractivity contribution in [2.45, 2.75) is 62.9 Å². The van der Waals surface area contributed by atoms with Gasteiger partial charge >= 0.3 is 12.0 Å². The van der Waals surface area contributed by atoms with E-state index in [2.05, 4.69) is 16.0 Å². The lowest BCUT2D eigenvalue weighted by Gasteiger charge is -2.31. The third-order valence-corrected chi connectivity index (χ3v) is 4.39. The maximum atomic E-state index is 12.1. The average Bonchev–Trinajstić information content (AvgIpc) is 2.66. The first-order valence-electron chi connectivity index (χ1n) is 7.65. The summed E-state index contributed by atoms with van der Waals surface area (Å²) >= 11 is 0. The van der Waals surface area contributed by atoms with Gasteiger partial charge in [0.05, 0.1) is 0 Å². The molecule has 0 bridgehead atoms. The van der Waals surface area contributed by atoms with Crippen LogP contribution in [-0.4, -0.2) is 41.8 Å². The lowest BCUT2D eigenvalue weighted by Crippen LogP contribution is -2.58. The number of amides is 2. The number of hydrogen-bond acceptors (Lipinski definition) is 3. The van der Waals surface area contributed by atoms with Gasteiger partial charge in [0.15, 0.2) is 0 Å². The van der Waals surface area contributed by atoms with Gasteiger partial charge in [0, 0.05) is 6.04 Å². The zero-order chi connectivity index (χ0) is 14.4. The van der Waals surface area contributed by atoms with Crippen LogP contribution < -0.4 is 16.0 Å². The Balaban J connectivity index is 1.92. The molecule has 0 aromatic carbocycles. The third-order valence-electron chi connectivity index (χ3n) is 4.39. The molecular formula is C14H25N3O3. The van der Waals surface area contributed by atoms with Crippen molar-refractivity contribution in [1.29, 1.82) is 0 Å². The summed E-state index contributed by atoms with van der Waals surface area (Å²) in [5.74, 6) is -0.903. The molecule has 2 amide bonds. The second kappa shape index (κ2) is 6.92. The van der Waals surface area contributed by atoms with Gasteiger partial charge in [0.2, 0.25) is 0 Å². The predicted octanol–water partition coefficient (Wildman–Crippen LogP) is 1.22. The molecule has 0 radical (unpaired) electrons. The van der Waals surface area contributed by atoms with Crippen molar-refractivity contribution in [1.82, 2.24) is 16.0 Å². The lowest BCUT2D eigenvalue weighted by atomic mass is 9.90. The molecule has 1 aliphatic heterocycles. The summed E-state index contributed by atoms with van der Waals surface area (Å²) in [4.78, 5) is 23.7. The van der Waals surface area contributed by atoms with E-state index in [-0.39, 0.29) is 12.1 Å². The molecule has 0 aromatic rings. The van der Waals surface area contributed by atoms with E-state index < -0.39 is 11.5 Å². The second-order valence-corrected chi connectivity index (χ2v) is 5.92. The monoisotopic (exact) mass is 283 g/mol. The lowest BCUT2D eigenvalue weighted by molar-refractivity contribution is -0.145.